The molecular formula is C29H31FN2O4S. The fourth-order valence-electron chi connectivity index (χ4n) is 5.07. The Morgan fingerprint density at radius 1 is 1.16 bits per heavy atom. The highest BCUT2D eigenvalue weighted by Crippen LogP contribution is 2.34. The molecule has 2 aliphatic heterocycles. The Hall–Kier alpha value is -3.23. The van der Waals surface area contributed by atoms with E-state index in [0.29, 0.717) is 19.8 Å². The second-order valence-corrected chi connectivity index (χ2v) is 10.5. The van der Waals surface area contributed by atoms with Crippen LogP contribution in [0.15, 0.2) is 60.0 Å². The predicted octanol–water partition coefficient (Wildman–Crippen LogP) is 5.02. The Balaban J connectivity index is 1.37. The summed E-state index contributed by atoms with van der Waals surface area (Å²) >= 11 is 1.69. The van der Waals surface area contributed by atoms with Gasteiger partial charge in [-0.2, -0.15) is 0 Å². The molecule has 2 atom stereocenters. The third-order valence-electron chi connectivity index (χ3n) is 7.07. The summed E-state index contributed by atoms with van der Waals surface area (Å²) in [4.78, 5) is 31.7. The first-order valence-corrected chi connectivity index (χ1v) is 13.6. The van der Waals surface area contributed by atoms with E-state index in [9.17, 15) is 14.0 Å². The van der Waals surface area contributed by atoms with Gasteiger partial charge in [0.1, 0.15) is 24.7 Å². The number of rotatable bonds is 8. The van der Waals surface area contributed by atoms with Crippen molar-refractivity contribution in [3.63, 3.8) is 0 Å². The minimum atomic E-state index is -0.595. The zero-order valence-corrected chi connectivity index (χ0v) is 21.7. The number of nitrogens with zero attached hydrogens (tertiary/aromatic N) is 2. The van der Waals surface area contributed by atoms with E-state index in [-0.39, 0.29) is 36.7 Å². The summed E-state index contributed by atoms with van der Waals surface area (Å²) in [5, 5.41) is 2.05. The molecule has 1 saturated heterocycles. The third-order valence-corrected chi connectivity index (χ3v) is 8.07. The van der Waals surface area contributed by atoms with Gasteiger partial charge in [0.05, 0.1) is 17.7 Å². The summed E-state index contributed by atoms with van der Waals surface area (Å²) in [6.07, 6.45) is 2.32. The zero-order valence-electron chi connectivity index (χ0n) is 20.9. The highest BCUT2D eigenvalue weighted by atomic mass is 32.1. The SMILES string of the molecule is Cc1ccccc1OC[C@@H]1c2ccsc2CCN1C(=O)CN(C[C@H]1CCCO1)C(=O)c1ccccc1F. The third kappa shape index (κ3) is 5.70. The lowest BCUT2D eigenvalue weighted by Crippen LogP contribution is -2.49. The maximum absolute atomic E-state index is 14.5. The predicted molar refractivity (Wildman–Crippen MR) is 140 cm³/mol. The maximum Gasteiger partial charge on any atom is 0.257 e. The number of carbonyl (C=O) groups excluding carboxylic acids is 2. The van der Waals surface area contributed by atoms with Crippen LogP contribution in [0.3, 0.4) is 0 Å². The first-order valence-electron chi connectivity index (χ1n) is 12.7. The normalized spacial score (nSPS) is 18.9. The molecule has 8 heteroatoms. The van der Waals surface area contributed by atoms with Crippen LogP contribution >= 0.6 is 11.3 Å². The first kappa shape index (κ1) is 25.4. The quantitative estimate of drug-likeness (QED) is 0.417. The number of hydrogen-bond donors (Lipinski definition) is 0. The number of benzene rings is 2. The number of halogens is 1. The van der Waals surface area contributed by atoms with Gasteiger partial charge >= 0.3 is 0 Å². The molecule has 0 bridgehead atoms. The summed E-state index contributed by atoms with van der Waals surface area (Å²) < 4.78 is 26.4. The van der Waals surface area contributed by atoms with Gasteiger partial charge in [-0.15, -0.1) is 11.3 Å². The van der Waals surface area contributed by atoms with Crippen LogP contribution in [0, 0.1) is 12.7 Å². The van der Waals surface area contributed by atoms with Gasteiger partial charge in [0.25, 0.3) is 5.91 Å². The molecule has 0 radical (unpaired) electrons. The number of amides is 2. The molecule has 0 saturated carbocycles. The molecular weight excluding hydrogens is 491 g/mol. The van der Waals surface area contributed by atoms with E-state index in [4.69, 9.17) is 9.47 Å². The van der Waals surface area contributed by atoms with Gasteiger partial charge in [0.2, 0.25) is 5.91 Å². The molecule has 2 amide bonds. The van der Waals surface area contributed by atoms with E-state index in [1.54, 1.807) is 23.5 Å². The second-order valence-electron chi connectivity index (χ2n) is 9.53. The number of hydrogen-bond acceptors (Lipinski definition) is 5. The topological polar surface area (TPSA) is 59.1 Å². The average molecular weight is 523 g/mol. The molecule has 6 nitrogen and oxygen atoms in total. The van der Waals surface area contributed by atoms with Gasteiger partial charge in [-0.3, -0.25) is 9.59 Å². The van der Waals surface area contributed by atoms with Crippen LogP contribution in [-0.2, 0) is 16.0 Å². The van der Waals surface area contributed by atoms with E-state index in [1.165, 1.54) is 21.9 Å². The van der Waals surface area contributed by atoms with E-state index >= 15 is 0 Å². The number of thiophene rings is 1. The van der Waals surface area contributed by atoms with Crippen LogP contribution < -0.4 is 4.74 Å². The number of aryl methyl sites for hydroxylation is 1. The van der Waals surface area contributed by atoms with E-state index in [1.807, 2.05) is 41.5 Å². The van der Waals surface area contributed by atoms with Crippen molar-refractivity contribution >= 4 is 23.2 Å². The summed E-state index contributed by atoms with van der Waals surface area (Å²) in [7, 11) is 0. The second kappa shape index (κ2) is 11.4. The zero-order chi connectivity index (χ0) is 25.8. The van der Waals surface area contributed by atoms with Crippen LogP contribution in [0.4, 0.5) is 4.39 Å². The van der Waals surface area contributed by atoms with Crippen LogP contribution in [-0.4, -0.2) is 60.6 Å². The minimum absolute atomic E-state index is 0.0356. The van der Waals surface area contributed by atoms with Crippen LogP contribution in [0.25, 0.3) is 0 Å². The highest BCUT2D eigenvalue weighted by molar-refractivity contribution is 7.10. The Bertz CT molecular complexity index is 1260. The van der Waals surface area contributed by atoms with Crippen LogP contribution in [0.5, 0.6) is 5.75 Å². The average Bonchev–Trinajstić information content (AvgIpc) is 3.60. The molecule has 37 heavy (non-hydrogen) atoms. The molecule has 0 N–H and O–H groups in total. The van der Waals surface area contributed by atoms with Gasteiger partial charge in [-0.1, -0.05) is 30.3 Å². The van der Waals surface area contributed by atoms with Crippen LogP contribution in [0.1, 0.15) is 45.2 Å². The van der Waals surface area contributed by atoms with Crippen molar-refractivity contribution in [3.05, 3.63) is 87.4 Å². The Morgan fingerprint density at radius 2 is 1.97 bits per heavy atom. The molecule has 2 aliphatic rings. The van der Waals surface area contributed by atoms with Crippen molar-refractivity contribution in [1.29, 1.82) is 0 Å². The van der Waals surface area contributed by atoms with Gasteiger partial charge in [-0.05, 0) is 67.0 Å². The van der Waals surface area contributed by atoms with Crippen molar-refractivity contribution in [3.8, 4) is 5.75 Å². The molecule has 0 spiro atoms. The first-order chi connectivity index (χ1) is 18.0. The van der Waals surface area contributed by atoms with Crippen molar-refractivity contribution in [1.82, 2.24) is 9.80 Å². The summed E-state index contributed by atoms with van der Waals surface area (Å²) in [6, 6.07) is 15.5. The summed E-state index contributed by atoms with van der Waals surface area (Å²) in [5.41, 5.74) is 2.08. The van der Waals surface area contributed by atoms with E-state index in [2.05, 4.69) is 6.07 Å². The largest absolute Gasteiger partial charge is 0.491 e. The standard InChI is InChI=1S/C29H31FN2O4S/c1-20-7-2-5-11-26(20)36-19-25-23-13-16-37-27(23)12-14-32(25)28(33)18-31(17-21-8-6-15-35-21)29(34)22-9-3-4-10-24(22)30/h2-5,7,9-11,13,16,21,25H,6,8,12,14-15,17-19H2,1H3/t21-,25-/m1/s1. The highest BCUT2D eigenvalue weighted by Gasteiger charge is 2.35. The Morgan fingerprint density at radius 3 is 2.76 bits per heavy atom. The van der Waals surface area contributed by atoms with Crippen molar-refractivity contribution in [2.75, 3.05) is 32.8 Å². The Kier molecular flexibility index (Phi) is 7.86. The molecule has 1 aromatic heterocycles. The van der Waals surface area contributed by atoms with Gasteiger partial charge in [0, 0.05) is 24.6 Å². The molecule has 194 valence electrons. The molecule has 2 aromatic carbocycles. The smallest absolute Gasteiger partial charge is 0.257 e. The molecule has 3 aromatic rings. The van der Waals surface area contributed by atoms with E-state index < -0.39 is 11.7 Å². The van der Waals surface area contributed by atoms with E-state index in [0.717, 1.165) is 36.1 Å². The number of ether oxygens (including phenoxy) is 2. The van der Waals surface area contributed by atoms with Crippen molar-refractivity contribution < 1.29 is 23.5 Å². The molecule has 3 heterocycles. The molecule has 5 rings (SSSR count). The van der Waals surface area contributed by atoms with Crippen LogP contribution in [0.2, 0.25) is 0 Å². The summed E-state index contributed by atoms with van der Waals surface area (Å²) in [5.74, 6) is -0.490. The molecule has 1 fully saturated rings. The number of carbonyl (C=O) groups is 2. The van der Waals surface area contributed by atoms with Gasteiger partial charge < -0.3 is 19.3 Å². The number of para-hydroxylation sites is 1. The monoisotopic (exact) mass is 522 g/mol. The molecule has 0 aliphatic carbocycles. The number of fused-ring (bicyclic) bond motifs is 1. The van der Waals surface area contributed by atoms with Gasteiger partial charge in [0.15, 0.2) is 0 Å². The fourth-order valence-corrected chi connectivity index (χ4v) is 6.00. The lowest BCUT2D eigenvalue weighted by atomic mass is 10.00. The lowest BCUT2D eigenvalue weighted by molar-refractivity contribution is -0.135. The maximum atomic E-state index is 14.5. The minimum Gasteiger partial charge on any atom is -0.491 e. The van der Waals surface area contributed by atoms with Gasteiger partial charge in [-0.25, -0.2) is 4.39 Å². The van der Waals surface area contributed by atoms with Crippen molar-refractivity contribution in [2.24, 2.45) is 0 Å². The fraction of sp³-hybridized carbons (Fsp3) is 0.379. The summed E-state index contributed by atoms with van der Waals surface area (Å²) in [6.45, 7) is 3.58. The van der Waals surface area contributed by atoms with Crippen molar-refractivity contribution in [2.45, 2.75) is 38.3 Å². The lowest BCUT2D eigenvalue weighted by Gasteiger charge is -2.37. The molecule has 0 unspecified atom stereocenters. The Labute approximate surface area is 220 Å².